The number of halogens is 1. The van der Waals surface area contributed by atoms with E-state index in [0.29, 0.717) is 16.7 Å². The first-order chi connectivity index (χ1) is 9.56. The number of nitro groups is 1. The molecule has 1 saturated carbocycles. The van der Waals surface area contributed by atoms with Crippen molar-refractivity contribution in [2.45, 2.75) is 30.9 Å². The van der Waals surface area contributed by atoms with Crippen molar-refractivity contribution in [3.8, 4) is 0 Å². The minimum absolute atomic E-state index is 0.0633. The number of thioether (sulfide) groups is 1. The van der Waals surface area contributed by atoms with Gasteiger partial charge in [0.15, 0.2) is 0 Å². The van der Waals surface area contributed by atoms with Crippen molar-refractivity contribution in [1.82, 2.24) is 0 Å². The van der Waals surface area contributed by atoms with E-state index in [-0.39, 0.29) is 16.6 Å². The van der Waals surface area contributed by atoms with Crippen LogP contribution in [0.2, 0.25) is 5.02 Å². The molecule has 0 radical (unpaired) electrons. The van der Waals surface area contributed by atoms with Gasteiger partial charge in [0.2, 0.25) is 5.91 Å². The molecule has 0 saturated heterocycles. The summed E-state index contributed by atoms with van der Waals surface area (Å²) in [7, 11) is 0. The molecule has 0 unspecified atom stereocenters. The van der Waals surface area contributed by atoms with Gasteiger partial charge in [0.05, 0.1) is 10.7 Å². The molecule has 0 aromatic heterocycles. The molecule has 0 aliphatic heterocycles. The first kappa shape index (κ1) is 15.1. The van der Waals surface area contributed by atoms with Gasteiger partial charge in [0.25, 0.3) is 5.69 Å². The van der Waals surface area contributed by atoms with Crippen molar-refractivity contribution < 1.29 is 9.72 Å². The van der Waals surface area contributed by atoms with Crippen molar-refractivity contribution >= 4 is 40.6 Å². The van der Waals surface area contributed by atoms with Crippen LogP contribution in [0.1, 0.15) is 25.7 Å². The molecule has 1 aromatic rings. The predicted octanol–water partition coefficient (Wildman–Crippen LogP) is 3.86. The fourth-order valence-corrected chi connectivity index (χ4v) is 3.49. The van der Waals surface area contributed by atoms with Gasteiger partial charge in [0, 0.05) is 17.0 Å². The molecule has 1 aliphatic carbocycles. The fraction of sp³-hybridized carbons (Fsp3) is 0.462. The number of nitrogens with one attached hydrogen (secondary N) is 1. The van der Waals surface area contributed by atoms with Crippen molar-refractivity contribution in [3.05, 3.63) is 33.3 Å². The van der Waals surface area contributed by atoms with E-state index in [1.54, 1.807) is 17.8 Å². The molecule has 20 heavy (non-hydrogen) atoms. The van der Waals surface area contributed by atoms with Crippen LogP contribution in [-0.4, -0.2) is 21.8 Å². The Morgan fingerprint density at radius 3 is 2.80 bits per heavy atom. The second-order valence-corrected chi connectivity index (χ2v) is 6.38. The Kier molecular flexibility index (Phi) is 5.25. The van der Waals surface area contributed by atoms with E-state index in [2.05, 4.69) is 5.32 Å². The molecular formula is C13H15ClN2O3S. The number of benzene rings is 1. The van der Waals surface area contributed by atoms with Crippen LogP contribution in [0.4, 0.5) is 11.4 Å². The zero-order chi connectivity index (χ0) is 14.5. The van der Waals surface area contributed by atoms with Crippen molar-refractivity contribution in [2.75, 3.05) is 11.1 Å². The molecule has 1 aromatic carbocycles. The van der Waals surface area contributed by atoms with Gasteiger partial charge >= 0.3 is 0 Å². The normalized spacial score (nSPS) is 15.2. The van der Waals surface area contributed by atoms with Gasteiger partial charge in [-0.1, -0.05) is 24.4 Å². The molecule has 1 fully saturated rings. The smallest absolute Gasteiger partial charge is 0.289 e. The third-order valence-electron chi connectivity index (χ3n) is 3.18. The molecule has 0 spiro atoms. The zero-order valence-electron chi connectivity index (χ0n) is 10.8. The van der Waals surface area contributed by atoms with Gasteiger partial charge in [-0.05, 0) is 25.0 Å². The Balaban J connectivity index is 1.90. The number of rotatable bonds is 5. The summed E-state index contributed by atoms with van der Waals surface area (Å²) in [6, 6.07) is 4.26. The van der Waals surface area contributed by atoms with Crippen LogP contribution >= 0.6 is 23.4 Å². The highest BCUT2D eigenvalue weighted by Gasteiger charge is 2.17. The Bertz CT molecular complexity index is 518. The van der Waals surface area contributed by atoms with Gasteiger partial charge in [-0.3, -0.25) is 14.9 Å². The van der Waals surface area contributed by atoms with Crippen LogP contribution < -0.4 is 5.32 Å². The summed E-state index contributed by atoms with van der Waals surface area (Å²) in [4.78, 5) is 22.0. The molecule has 7 heteroatoms. The number of nitro benzene ring substituents is 1. The second-order valence-electron chi connectivity index (χ2n) is 4.69. The molecule has 1 N–H and O–H groups in total. The monoisotopic (exact) mass is 314 g/mol. The maximum absolute atomic E-state index is 11.8. The van der Waals surface area contributed by atoms with E-state index in [9.17, 15) is 14.9 Å². The highest BCUT2D eigenvalue weighted by Crippen LogP contribution is 2.30. The number of carbonyl (C=O) groups is 1. The quantitative estimate of drug-likeness (QED) is 0.661. The Hall–Kier alpha value is -1.27. The summed E-state index contributed by atoms with van der Waals surface area (Å²) in [5.41, 5.74) is 0.200. The average molecular weight is 315 g/mol. The number of anilines is 1. The molecular weight excluding hydrogens is 300 g/mol. The van der Waals surface area contributed by atoms with E-state index in [1.165, 1.54) is 37.8 Å². The van der Waals surface area contributed by atoms with Gasteiger partial charge in [-0.15, -0.1) is 11.8 Å². The standard InChI is InChI=1S/C13H15ClN2O3S/c14-11-6-5-9(7-12(11)16(18)19)15-13(17)8-20-10-3-1-2-4-10/h5-7,10H,1-4,8H2,(H,15,17). The highest BCUT2D eigenvalue weighted by molar-refractivity contribution is 8.00. The Morgan fingerprint density at radius 1 is 1.45 bits per heavy atom. The molecule has 0 atom stereocenters. The first-order valence-corrected chi connectivity index (χ1v) is 7.84. The van der Waals surface area contributed by atoms with E-state index in [0.717, 1.165) is 0 Å². The molecule has 108 valence electrons. The summed E-state index contributed by atoms with van der Waals surface area (Å²) in [5.74, 6) is 0.236. The van der Waals surface area contributed by atoms with Gasteiger partial charge in [-0.2, -0.15) is 0 Å². The van der Waals surface area contributed by atoms with E-state index in [4.69, 9.17) is 11.6 Å². The number of amides is 1. The van der Waals surface area contributed by atoms with Crippen molar-refractivity contribution in [2.24, 2.45) is 0 Å². The van der Waals surface area contributed by atoms with Crippen LogP contribution in [0.15, 0.2) is 18.2 Å². The molecule has 5 nitrogen and oxygen atoms in total. The number of carbonyl (C=O) groups excluding carboxylic acids is 1. The SMILES string of the molecule is O=C(CSC1CCCC1)Nc1ccc(Cl)c([N+](=O)[O-])c1. The lowest BCUT2D eigenvalue weighted by Crippen LogP contribution is -2.15. The molecule has 1 aliphatic rings. The Morgan fingerprint density at radius 2 is 2.15 bits per heavy atom. The minimum atomic E-state index is -0.564. The van der Waals surface area contributed by atoms with Gasteiger partial charge in [-0.25, -0.2) is 0 Å². The second kappa shape index (κ2) is 6.95. The van der Waals surface area contributed by atoms with Crippen LogP contribution in [0.25, 0.3) is 0 Å². The Labute approximate surface area is 126 Å². The number of hydrogen-bond acceptors (Lipinski definition) is 4. The third-order valence-corrected chi connectivity index (χ3v) is 4.87. The number of hydrogen-bond donors (Lipinski definition) is 1. The van der Waals surface area contributed by atoms with Crippen molar-refractivity contribution in [1.29, 1.82) is 0 Å². The van der Waals surface area contributed by atoms with Crippen LogP contribution in [-0.2, 0) is 4.79 Å². The molecule has 0 heterocycles. The summed E-state index contributed by atoms with van der Waals surface area (Å²) < 4.78 is 0. The topological polar surface area (TPSA) is 72.2 Å². The molecule has 0 bridgehead atoms. The summed E-state index contributed by atoms with van der Waals surface area (Å²) in [6.07, 6.45) is 4.82. The highest BCUT2D eigenvalue weighted by atomic mass is 35.5. The summed E-state index contributed by atoms with van der Waals surface area (Å²) >= 11 is 7.37. The first-order valence-electron chi connectivity index (χ1n) is 6.41. The lowest BCUT2D eigenvalue weighted by molar-refractivity contribution is -0.384. The van der Waals surface area contributed by atoms with E-state index < -0.39 is 4.92 Å². The fourth-order valence-electron chi connectivity index (χ4n) is 2.18. The van der Waals surface area contributed by atoms with Gasteiger partial charge < -0.3 is 5.32 Å². The maximum Gasteiger partial charge on any atom is 0.289 e. The summed E-state index contributed by atoms with van der Waals surface area (Å²) in [6.45, 7) is 0. The van der Waals surface area contributed by atoms with Crippen LogP contribution in [0, 0.1) is 10.1 Å². The van der Waals surface area contributed by atoms with Crippen LogP contribution in [0.5, 0.6) is 0 Å². The average Bonchev–Trinajstić information content (AvgIpc) is 2.91. The van der Waals surface area contributed by atoms with E-state index >= 15 is 0 Å². The van der Waals surface area contributed by atoms with E-state index in [1.807, 2.05) is 0 Å². The summed E-state index contributed by atoms with van der Waals surface area (Å²) in [5, 5.41) is 14.1. The maximum atomic E-state index is 11.8. The van der Waals surface area contributed by atoms with Gasteiger partial charge in [0.1, 0.15) is 5.02 Å². The lowest BCUT2D eigenvalue weighted by Gasteiger charge is -2.09. The predicted molar refractivity (Wildman–Crippen MR) is 81.5 cm³/mol. The largest absolute Gasteiger partial charge is 0.325 e. The van der Waals surface area contributed by atoms with Crippen LogP contribution in [0.3, 0.4) is 0 Å². The third kappa shape index (κ3) is 4.11. The lowest BCUT2D eigenvalue weighted by atomic mass is 10.3. The molecule has 1 amide bonds. The van der Waals surface area contributed by atoms with Crippen molar-refractivity contribution in [3.63, 3.8) is 0 Å². The zero-order valence-corrected chi connectivity index (χ0v) is 12.4. The number of nitrogens with zero attached hydrogens (tertiary/aromatic N) is 1. The molecule has 2 rings (SSSR count). The minimum Gasteiger partial charge on any atom is -0.325 e.